The minimum atomic E-state index is 0.389. The Balaban J connectivity index is 2.13. The second-order valence-electron chi connectivity index (χ2n) is 4.42. The molecule has 0 saturated heterocycles. The molecule has 0 aliphatic heterocycles. The van der Waals surface area contributed by atoms with E-state index in [0.717, 1.165) is 28.2 Å². The van der Waals surface area contributed by atoms with Gasteiger partial charge >= 0.3 is 0 Å². The van der Waals surface area contributed by atoms with Gasteiger partial charge in [-0.05, 0) is 36.4 Å². The van der Waals surface area contributed by atoms with Gasteiger partial charge in [0.1, 0.15) is 5.75 Å². The molecule has 4 heteroatoms. The van der Waals surface area contributed by atoms with Crippen LogP contribution in [0.25, 0.3) is 16.8 Å². The van der Waals surface area contributed by atoms with Crippen LogP contribution in [-0.2, 0) is 6.42 Å². The molecule has 2 heterocycles. The number of benzene rings is 1. The number of aromatic nitrogens is 2. The number of hydrogen-bond donors (Lipinski definition) is 0. The van der Waals surface area contributed by atoms with Crippen molar-refractivity contribution < 1.29 is 4.74 Å². The van der Waals surface area contributed by atoms with E-state index in [-0.39, 0.29) is 0 Å². The summed E-state index contributed by atoms with van der Waals surface area (Å²) in [5.74, 6) is 0.821. The molecule has 98 valence electrons. The molecule has 0 aliphatic carbocycles. The molecular weight excluding hydrogens is 250 g/mol. The maximum atomic E-state index is 8.85. The third kappa shape index (κ3) is 1.99. The highest BCUT2D eigenvalue weighted by molar-refractivity contribution is 5.77. The second-order valence-corrected chi connectivity index (χ2v) is 4.42. The van der Waals surface area contributed by atoms with E-state index in [1.165, 1.54) is 0 Å². The summed E-state index contributed by atoms with van der Waals surface area (Å²) >= 11 is 0. The predicted octanol–water partition coefficient (Wildman–Crippen LogP) is 3.08. The Kier molecular flexibility index (Phi) is 3.10. The van der Waals surface area contributed by atoms with E-state index >= 15 is 0 Å². The fourth-order valence-corrected chi connectivity index (χ4v) is 2.30. The molecule has 0 bridgehead atoms. The van der Waals surface area contributed by atoms with Crippen LogP contribution in [-0.4, -0.2) is 16.5 Å². The van der Waals surface area contributed by atoms with Crippen LogP contribution in [0, 0.1) is 11.3 Å². The molecule has 4 nitrogen and oxygen atoms in total. The van der Waals surface area contributed by atoms with Crippen LogP contribution in [0.5, 0.6) is 5.75 Å². The van der Waals surface area contributed by atoms with Gasteiger partial charge in [0.05, 0.1) is 30.8 Å². The van der Waals surface area contributed by atoms with E-state index in [4.69, 9.17) is 10.00 Å². The monoisotopic (exact) mass is 263 g/mol. The molecule has 20 heavy (non-hydrogen) atoms. The van der Waals surface area contributed by atoms with E-state index in [1.54, 1.807) is 13.3 Å². The zero-order chi connectivity index (χ0) is 13.9. The largest absolute Gasteiger partial charge is 0.497 e. The molecule has 0 atom stereocenters. The van der Waals surface area contributed by atoms with Crippen LogP contribution in [0.3, 0.4) is 0 Å². The summed E-state index contributed by atoms with van der Waals surface area (Å²) in [5.41, 5.74) is 3.90. The fourth-order valence-electron chi connectivity index (χ4n) is 2.30. The average Bonchev–Trinajstić information content (AvgIpc) is 2.91. The first-order valence-corrected chi connectivity index (χ1v) is 6.30. The van der Waals surface area contributed by atoms with Gasteiger partial charge in [-0.1, -0.05) is 0 Å². The summed E-state index contributed by atoms with van der Waals surface area (Å²) < 4.78 is 7.18. The lowest BCUT2D eigenvalue weighted by atomic mass is 10.1. The Bertz CT molecular complexity index is 782. The maximum absolute atomic E-state index is 8.85. The molecule has 3 aromatic rings. The highest BCUT2D eigenvalue weighted by Crippen LogP contribution is 2.25. The van der Waals surface area contributed by atoms with E-state index in [9.17, 15) is 0 Å². The summed E-state index contributed by atoms with van der Waals surface area (Å²) in [5, 5.41) is 8.85. The number of nitrogens with zero attached hydrogens (tertiary/aromatic N) is 3. The van der Waals surface area contributed by atoms with Gasteiger partial charge in [0, 0.05) is 23.7 Å². The van der Waals surface area contributed by atoms with E-state index in [0.29, 0.717) is 6.42 Å². The fraction of sp³-hybridized carbons (Fsp3) is 0.125. The first-order chi connectivity index (χ1) is 9.83. The number of nitriles is 1. The Morgan fingerprint density at radius 3 is 2.70 bits per heavy atom. The summed E-state index contributed by atoms with van der Waals surface area (Å²) in [7, 11) is 1.65. The first-order valence-electron chi connectivity index (χ1n) is 6.30. The minimum absolute atomic E-state index is 0.389. The van der Waals surface area contributed by atoms with Crippen LogP contribution < -0.4 is 4.74 Å². The lowest BCUT2D eigenvalue weighted by Crippen LogP contribution is -1.94. The van der Waals surface area contributed by atoms with Crippen molar-refractivity contribution in [3.63, 3.8) is 0 Å². The van der Waals surface area contributed by atoms with Gasteiger partial charge in [-0.3, -0.25) is 4.98 Å². The van der Waals surface area contributed by atoms with Crippen molar-refractivity contribution in [2.75, 3.05) is 7.11 Å². The summed E-state index contributed by atoms with van der Waals surface area (Å²) in [4.78, 5) is 4.46. The third-order valence-electron chi connectivity index (χ3n) is 3.29. The summed E-state index contributed by atoms with van der Waals surface area (Å²) in [6.45, 7) is 0. The molecule has 0 fully saturated rings. The molecule has 3 rings (SSSR count). The zero-order valence-electron chi connectivity index (χ0n) is 11.1. The average molecular weight is 263 g/mol. The highest BCUT2D eigenvalue weighted by Gasteiger charge is 2.08. The highest BCUT2D eigenvalue weighted by atomic mass is 16.5. The molecule has 0 unspecified atom stereocenters. The summed E-state index contributed by atoms with van der Waals surface area (Å²) in [6, 6.07) is 13.9. The molecule has 0 aliphatic rings. The first kappa shape index (κ1) is 12.2. The van der Waals surface area contributed by atoms with Crippen molar-refractivity contribution >= 4 is 5.52 Å². The molecule has 0 radical (unpaired) electrons. The van der Waals surface area contributed by atoms with Crippen LogP contribution in [0.1, 0.15) is 5.69 Å². The smallest absolute Gasteiger partial charge is 0.118 e. The van der Waals surface area contributed by atoms with Gasteiger partial charge in [-0.2, -0.15) is 5.26 Å². The normalized spacial score (nSPS) is 10.4. The standard InChI is InChI=1S/C16H13N3O/c1-20-14-5-2-12(3-6-14)16-15-7-4-13(8-9-17)19(15)11-10-18-16/h2-7,10-11H,8H2,1H3. The van der Waals surface area contributed by atoms with Crippen molar-refractivity contribution in [1.29, 1.82) is 5.26 Å². The van der Waals surface area contributed by atoms with Crippen LogP contribution in [0.4, 0.5) is 0 Å². The Hall–Kier alpha value is -2.80. The molecule has 0 spiro atoms. The third-order valence-corrected chi connectivity index (χ3v) is 3.29. The molecule has 0 saturated carbocycles. The topological polar surface area (TPSA) is 50.3 Å². The van der Waals surface area contributed by atoms with Crippen LogP contribution in [0.15, 0.2) is 48.8 Å². The van der Waals surface area contributed by atoms with Gasteiger partial charge in [0.15, 0.2) is 0 Å². The van der Waals surface area contributed by atoms with Gasteiger partial charge in [0.25, 0.3) is 0 Å². The number of rotatable bonds is 3. The van der Waals surface area contributed by atoms with Crippen molar-refractivity contribution in [2.45, 2.75) is 6.42 Å². The van der Waals surface area contributed by atoms with E-state index in [2.05, 4.69) is 11.1 Å². The minimum Gasteiger partial charge on any atom is -0.497 e. The van der Waals surface area contributed by atoms with E-state index < -0.39 is 0 Å². The molecule has 0 amide bonds. The molecule has 2 aromatic heterocycles. The summed E-state index contributed by atoms with van der Waals surface area (Å²) in [6.07, 6.45) is 4.03. The van der Waals surface area contributed by atoms with Crippen molar-refractivity contribution in [3.8, 4) is 23.1 Å². The van der Waals surface area contributed by atoms with Crippen molar-refractivity contribution in [2.24, 2.45) is 0 Å². The lowest BCUT2D eigenvalue weighted by molar-refractivity contribution is 0.415. The lowest BCUT2D eigenvalue weighted by Gasteiger charge is -2.06. The number of fused-ring (bicyclic) bond motifs is 1. The molecule has 1 aromatic carbocycles. The number of hydrogen-bond acceptors (Lipinski definition) is 3. The number of ether oxygens (including phenoxy) is 1. The maximum Gasteiger partial charge on any atom is 0.118 e. The quantitative estimate of drug-likeness (QED) is 0.729. The molecular formula is C16H13N3O. The van der Waals surface area contributed by atoms with Gasteiger partial charge in [-0.25, -0.2) is 0 Å². The number of methoxy groups -OCH3 is 1. The van der Waals surface area contributed by atoms with Crippen molar-refractivity contribution in [1.82, 2.24) is 9.38 Å². The molecule has 0 N–H and O–H groups in total. The Labute approximate surface area is 116 Å². The van der Waals surface area contributed by atoms with Crippen LogP contribution in [0.2, 0.25) is 0 Å². The Morgan fingerprint density at radius 2 is 2.00 bits per heavy atom. The van der Waals surface area contributed by atoms with Crippen LogP contribution >= 0.6 is 0 Å². The SMILES string of the molecule is COc1ccc(-c2nccn3c(CC#N)ccc23)cc1. The van der Waals surface area contributed by atoms with Gasteiger partial charge < -0.3 is 9.14 Å². The zero-order valence-corrected chi connectivity index (χ0v) is 11.1. The van der Waals surface area contributed by atoms with E-state index in [1.807, 2.05) is 47.0 Å². The van der Waals surface area contributed by atoms with Gasteiger partial charge in [-0.15, -0.1) is 0 Å². The Morgan fingerprint density at radius 1 is 1.20 bits per heavy atom. The van der Waals surface area contributed by atoms with Gasteiger partial charge in [0.2, 0.25) is 0 Å². The second kappa shape index (κ2) is 5.06. The predicted molar refractivity (Wildman–Crippen MR) is 76.5 cm³/mol. The van der Waals surface area contributed by atoms with Crippen molar-refractivity contribution in [3.05, 3.63) is 54.5 Å².